The molecule has 7 nitrogen and oxygen atoms in total. The summed E-state index contributed by atoms with van der Waals surface area (Å²) in [5, 5.41) is 12.8. The fourth-order valence-corrected chi connectivity index (χ4v) is 4.05. The second-order valence-electron chi connectivity index (χ2n) is 6.75. The molecule has 1 atom stereocenters. The van der Waals surface area contributed by atoms with Crippen LogP contribution in [0, 0.1) is 0 Å². The van der Waals surface area contributed by atoms with E-state index in [1.54, 1.807) is 26.0 Å². The van der Waals surface area contributed by atoms with Crippen molar-refractivity contribution in [2.24, 2.45) is 0 Å². The van der Waals surface area contributed by atoms with Gasteiger partial charge in [-0.1, -0.05) is 43.3 Å². The van der Waals surface area contributed by atoms with Gasteiger partial charge in [0.1, 0.15) is 11.5 Å². The van der Waals surface area contributed by atoms with E-state index in [-0.39, 0.29) is 0 Å². The number of rotatable bonds is 7. The van der Waals surface area contributed by atoms with Crippen molar-refractivity contribution >= 4 is 17.4 Å². The van der Waals surface area contributed by atoms with Crippen molar-refractivity contribution < 1.29 is 14.2 Å². The van der Waals surface area contributed by atoms with E-state index in [9.17, 15) is 0 Å². The topological polar surface area (TPSA) is 78.4 Å². The highest BCUT2D eigenvalue weighted by molar-refractivity contribution is 7.99. The second-order valence-corrected chi connectivity index (χ2v) is 7.81. The summed E-state index contributed by atoms with van der Waals surface area (Å²) in [6.45, 7) is 2.16. The van der Waals surface area contributed by atoms with Gasteiger partial charge in [0.05, 0.1) is 19.8 Å². The number of hydrogen-bond donors (Lipinski definition) is 1. The Balaban J connectivity index is 1.76. The van der Waals surface area contributed by atoms with E-state index in [0.29, 0.717) is 28.2 Å². The summed E-state index contributed by atoms with van der Waals surface area (Å²) < 4.78 is 17.2. The molecule has 0 radical (unpaired) electrons. The van der Waals surface area contributed by atoms with Crippen molar-refractivity contribution in [3.05, 3.63) is 48.0 Å². The number of para-hydroxylation sites is 1. The molecule has 4 rings (SSSR count). The number of thioether (sulfide) groups is 1. The van der Waals surface area contributed by atoms with Gasteiger partial charge >= 0.3 is 0 Å². The SMILES string of the molecule is CCCCSc1nnc2c(n1)O[C@H](c1ccc(OC)cc1OC)Nc1ccccc1-2. The Hall–Kier alpha value is -3.00. The van der Waals surface area contributed by atoms with Gasteiger partial charge in [0, 0.05) is 23.1 Å². The summed E-state index contributed by atoms with van der Waals surface area (Å²) in [7, 11) is 3.25. The lowest BCUT2D eigenvalue weighted by molar-refractivity contribution is 0.219. The van der Waals surface area contributed by atoms with Gasteiger partial charge in [0.25, 0.3) is 0 Å². The van der Waals surface area contributed by atoms with Crippen molar-refractivity contribution in [1.82, 2.24) is 15.2 Å². The zero-order valence-corrected chi connectivity index (χ0v) is 18.0. The minimum absolute atomic E-state index is 0.448. The molecular weight excluding hydrogens is 400 g/mol. The van der Waals surface area contributed by atoms with Crippen LogP contribution in [0.3, 0.4) is 0 Å². The highest BCUT2D eigenvalue weighted by Crippen LogP contribution is 2.41. The molecule has 0 spiro atoms. The minimum atomic E-state index is -0.515. The maximum atomic E-state index is 6.33. The Bertz CT molecular complexity index is 1030. The first-order chi connectivity index (χ1) is 14.7. The van der Waals surface area contributed by atoms with Crippen LogP contribution in [-0.2, 0) is 0 Å². The third kappa shape index (κ3) is 4.14. The molecule has 156 valence electrons. The standard InChI is InChI=1S/C22H24N4O3S/c1-4-5-12-30-22-24-21-19(25-26-22)15-8-6-7-9-17(15)23-20(29-21)16-11-10-14(27-2)13-18(16)28-3/h6-11,13,20,23H,4-5,12H2,1-3H3/t20-/m1/s1. The molecule has 0 bridgehead atoms. The van der Waals surface area contributed by atoms with E-state index in [2.05, 4.69) is 27.4 Å². The van der Waals surface area contributed by atoms with Crippen molar-refractivity contribution in [2.45, 2.75) is 31.1 Å². The summed E-state index contributed by atoms with van der Waals surface area (Å²) in [5.41, 5.74) is 3.24. The van der Waals surface area contributed by atoms with Gasteiger partial charge in [-0.3, -0.25) is 0 Å². The predicted octanol–water partition coefficient (Wildman–Crippen LogP) is 4.95. The molecular formula is C22H24N4O3S. The molecule has 8 heteroatoms. The van der Waals surface area contributed by atoms with Crippen molar-refractivity contribution in [3.8, 4) is 28.6 Å². The van der Waals surface area contributed by atoms with Gasteiger partial charge in [-0.05, 0) is 24.6 Å². The average Bonchev–Trinajstić information content (AvgIpc) is 2.95. The minimum Gasteiger partial charge on any atom is -0.497 e. The summed E-state index contributed by atoms with van der Waals surface area (Å²) >= 11 is 1.59. The number of aromatic nitrogens is 3. The van der Waals surface area contributed by atoms with Crippen molar-refractivity contribution in [1.29, 1.82) is 0 Å². The molecule has 2 heterocycles. The first-order valence-corrected chi connectivity index (χ1v) is 10.8. The van der Waals surface area contributed by atoms with Crippen LogP contribution in [0.5, 0.6) is 17.4 Å². The van der Waals surface area contributed by atoms with Gasteiger partial charge in [-0.2, -0.15) is 4.98 Å². The van der Waals surface area contributed by atoms with Gasteiger partial charge in [-0.15, -0.1) is 10.2 Å². The monoisotopic (exact) mass is 424 g/mol. The summed E-state index contributed by atoms with van der Waals surface area (Å²) in [6.07, 6.45) is 1.71. The van der Waals surface area contributed by atoms with Crippen LogP contribution in [0.15, 0.2) is 47.6 Å². The number of nitrogens with zero attached hydrogens (tertiary/aromatic N) is 3. The number of ether oxygens (including phenoxy) is 3. The highest BCUT2D eigenvalue weighted by Gasteiger charge is 2.28. The lowest BCUT2D eigenvalue weighted by Crippen LogP contribution is -2.18. The lowest BCUT2D eigenvalue weighted by atomic mass is 10.1. The number of unbranched alkanes of at least 4 members (excludes halogenated alkanes) is 1. The number of hydrogen-bond acceptors (Lipinski definition) is 8. The molecule has 1 N–H and O–H groups in total. The smallest absolute Gasteiger partial charge is 0.247 e. The number of fused-ring (bicyclic) bond motifs is 3. The van der Waals surface area contributed by atoms with Crippen LogP contribution in [-0.4, -0.2) is 35.2 Å². The van der Waals surface area contributed by atoms with E-state index in [1.807, 2.05) is 42.5 Å². The maximum absolute atomic E-state index is 6.33. The first-order valence-electron chi connectivity index (χ1n) is 9.85. The third-order valence-corrected chi connectivity index (χ3v) is 5.71. The quantitative estimate of drug-likeness (QED) is 0.422. The van der Waals surface area contributed by atoms with Crippen LogP contribution >= 0.6 is 11.8 Å². The van der Waals surface area contributed by atoms with Crippen LogP contribution in [0.25, 0.3) is 11.3 Å². The van der Waals surface area contributed by atoms with Crippen LogP contribution in [0.1, 0.15) is 31.6 Å². The largest absolute Gasteiger partial charge is 0.497 e. The molecule has 0 saturated carbocycles. The zero-order chi connectivity index (χ0) is 20.9. The van der Waals surface area contributed by atoms with Crippen molar-refractivity contribution in [2.75, 3.05) is 25.3 Å². The van der Waals surface area contributed by atoms with Crippen LogP contribution in [0.4, 0.5) is 5.69 Å². The molecule has 2 aromatic carbocycles. The van der Waals surface area contributed by atoms with Crippen LogP contribution < -0.4 is 19.5 Å². The third-order valence-electron chi connectivity index (χ3n) is 4.79. The van der Waals surface area contributed by atoms with Gasteiger partial charge in [0.2, 0.25) is 17.3 Å². The average molecular weight is 425 g/mol. The Kier molecular flexibility index (Phi) is 6.23. The molecule has 3 aromatic rings. The number of benzene rings is 2. The van der Waals surface area contributed by atoms with E-state index in [1.165, 1.54) is 0 Å². The molecule has 0 unspecified atom stereocenters. The van der Waals surface area contributed by atoms with E-state index in [4.69, 9.17) is 14.2 Å². The molecule has 1 aliphatic rings. The number of nitrogens with one attached hydrogen (secondary N) is 1. The molecule has 1 aliphatic heterocycles. The van der Waals surface area contributed by atoms with E-state index < -0.39 is 6.23 Å². The fourth-order valence-electron chi connectivity index (χ4n) is 3.19. The molecule has 30 heavy (non-hydrogen) atoms. The van der Waals surface area contributed by atoms with Crippen molar-refractivity contribution in [3.63, 3.8) is 0 Å². The summed E-state index contributed by atoms with van der Waals surface area (Å²) in [4.78, 5) is 4.67. The summed E-state index contributed by atoms with van der Waals surface area (Å²) in [6, 6.07) is 13.5. The normalized spacial score (nSPS) is 14.6. The van der Waals surface area contributed by atoms with Crippen LogP contribution in [0.2, 0.25) is 0 Å². The highest BCUT2D eigenvalue weighted by atomic mass is 32.2. The number of anilines is 1. The molecule has 0 aliphatic carbocycles. The second kappa shape index (κ2) is 9.21. The molecule has 0 fully saturated rings. The zero-order valence-electron chi connectivity index (χ0n) is 17.2. The van der Waals surface area contributed by atoms with Gasteiger partial charge in [-0.25, -0.2) is 0 Å². The van der Waals surface area contributed by atoms with E-state index >= 15 is 0 Å². The van der Waals surface area contributed by atoms with Gasteiger partial charge < -0.3 is 19.5 Å². The summed E-state index contributed by atoms with van der Waals surface area (Å²) in [5.74, 6) is 2.77. The Morgan fingerprint density at radius 3 is 2.77 bits per heavy atom. The molecule has 0 saturated heterocycles. The maximum Gasteiger partial charge on any atom is 0.247 e. The molecule has 1 aromatic heterocycles. The van der Waals surface area contributed by atoms with E-state index in [0.717, 1.165) is 35.4 Å². The Labute approximate surface area is 180 Å². The van der Waals surface area contributed by atoms with Gasteiger partial charge in [0.15, 0.2) is 5.69 Å². The first kappa shape index (κ1) is 20.3. The lowest BCUT2D eigenvalue weighted by Gasteiger charge is -2.21. The Morgan fingerprint density at radius 1 is 1.10 bits per heavy atom. The number of methoxy groups -OCH3 is 2. The predicted molar refractivity (Wildman–Crippen MR) is 117 cm³/mol. The Morgan fingerprint density at radius 2 is 1.97 bits per heavy atom. The molecule has 0 amide bonds. The fraction of sp³-hybridized carbons (Fsp3) is 0.318.